The first-order chi connectivity index (χ1) is 33.5. The number of unbranched alkanes of at least 4 members (excludes halogenated alkanes) is 29. The summed E-state index contributed by atoms with van der Waals surface area (Å²) in [7, 11) is 0. The molecular weight excluding hydrogens is 841 g/mol. The van der Waals surface area contributed by atoms with Crippen molar-refractivity contribution in [3.63, 3.8) is 0 Å². The summed E-state index contributed by atoms with van der Waals surface area (Å²) in [6.45, 7) is 6.46. The van der Waals surface area contributed by atoms with Gasteiger partial charge in [0.2, 0.25) is 0 Å². The summed E-state index contributed by atoms with van der Waals surface area (Å²) >= 11 is 0. The third-order valence-electron chi connectivity index (χ3n) is 12.0. The van der Waals surface area contributed by atoms with E-state index in [1.165, 1.54) is 148 Å². The molecule has 0 aromatic carbocycles. The molecule has 0 bridgehead atoms. The minimum absolute atomic E-state index is 0.0929. The van der Waals surface area contributed by atoms with E-state index in [-0.39, 0.29) is 31.1 Å². The van der Waals surface area contributed by atoms with Crippen molar-refractivity contribution in [1.29, 1.82) is 0 Å². The van der Waals surface area contributed by atoms with Gasteiger partial charge in [-0.3, -0.25) is 14.4 Å². The molecule has 0 amide bonds. The molecule has 0 aliphatic heterocycles. The van der Waals surface area contributed by atoms with Crippen molar-refractivity contribution in [3.05, 3.63) is 97.2 Å². The van der Waals surface area contributed by atoms with Crippen molar-refractivity contribution in [2.24, 2.45) is 0 Å². The number of carbonyl (C=O) groups is 3. The molecule has 0 saturated heterocycles. The topological polar surface area (TPSA) is 78.9 Å². The third kappa shape index (κ3) is 53.3. The number of rotatable bonds is 50. The Labute approximate surface area is 419 Å². The summed E-state index contributed by atoms with van der Waals surface area (Å²) in [4.78, 5) is 38.1. The summed E-state index contributed by atoms with van der Waals surface area (Å²) in [5.41, 5.74) is 0. The first-order valence-corrected chi connectivity index (χ1v) is 28.3. The Bertz CT molecular complexity index is 1360. The second kappa shape index (κ2) is 55.9. The maximum Gasteiger partial charge on any atom is 0.306 e. The van der Waals surface area contributed by atoms with Crippen molar-refractivity contribution in [2.45, 2.75) is 264 Å². The quantitative estimate of drug-likeness (QED) is 0.0199. The first kappa shape index (κ1) is 64.3. The van der Waals surface area contributed by atoms with Gasteiger partial charge in [0.05, 0.1) is 0 Å². The van der Waals surface area contributed by atoms with Crippen LogP contribution in [0.3, 0.4) is 0 Å². The molecule has 388 valence electrons. The highest BCUT2D eigenvalue weighted by Crippen LogP contribution is 2.15. The van der Waals surface area contributed by atoms with Gasteiger partial charge in [-0.15, -0.1) is 0 Å². The predicted octanol–water partition coefficient (Wildman–Crippen LogP) is 18.9. The van der Waals surface area contributed by atoms with E-state index in [1.807, 2.05) is 72.9 Å². The van der Waals surface area contributed by atoms with Crippen LogP contribution >= 0.6 is 0 Å². The van der Waals surface area contributed by atoms with Crippen molar-refractivity contribution in [3.8, 4) is 0 Å². The van der Waals surface area contributed by atoms with E-state index in [2.05, 4.69) is 45.1 Å². The number of hydrogen-bond acceptors (Lipinski definition) is 6. The first-order valence-electron chi connectivity index (χ1n) is 28.3. The molecule has 0 rings (SSSR count). The number of hydrogen-bond donors (Lipinski definition) is 0. The lowest BCUT2D eigenvalue weighted by Crippen LogP contribution is -2.30. The predicted molar refractivity (Wildman–Crippen MR) is 293 cm³/mol. The summed E-state index contributed by atoms with van der Waals surface area (Å²) in [5.74, 6) is -0.940. The van der Waals surface area contributed by atoms with E-state index in [0.717, 1.165) is 70.6 Å². The highest BCUT2D eigenvalue weighted by Gasteiger charge is 2.19. The summed E-state index contributed by atoms with van der Waals surface area (Å²) in [5, 5.41) is 0. The molecule has 1 unspecified atom stereocenters. The van der Waals surface area contributed by atoms with Gasteiger partial charge in [-0.25, -0.2) is 0 Å². The molecule has 0 radical (unpaired) electrons. The Kier molecular flexibility index (Phi) is 52.9. The number of carbonyl (C=O) groups excluding carboxylic acids is 3. The molecule has 0 aliphatic carbocycles. The van der Waals surface area contributed by atoms with E-state index >= 15 is 0 Å². The SMILES string of the molecule is CC\C=C/C=C\C=C/C=C\C=C\C=C/C=C\CCCCCC(=O)OCC(COC(=O)CCCCCCCCCCCCCC)OC(=O)CCCCCCCCC/C=C\CCCCCCCCCC. The van der Waals surface area contributed by atoms with Crippen LogP contribution in [0.4, 0.5) is 0 Å². The van der Waals surface area contributed by atoms with Crippen LogP contribution in [0.2, 0.25) is 0 Å². The summed E-state index contributed by atoms with van der Waals surface area (Å²) < 4.78 is 16.8. The normalized spacial score (nSPS) is 12.8. The lowest BCUT2D eigenvalue weighted by Gasteiger charge is -2.18. The largest absolute Gasteiger partial charge is 0.462 e. The summed E-state index contributed by atoms with van der Waals surface area (Å²) in [6.07, 6.45) is 73.9. The average Bonchev–Trinajstić information content (AvgIpc) is 3.34. The molecule has 0 fully saturated rings. The molecule has 6 nitrogen and oxygen atoms in total. The van der Waals surface area contributed by atoms with E-state index < -0.39 is 6.10 Å². The molecule has 6 heteroatoms. The van der Waals surface area contributed by atoms with Gasteiger partial charge in [-0.1, -0.05) is 272 Å². The van der Waals surface area contributed by atoms with Crippen LogP contribution in [-0.4, -0.2) is 37.2 Å². The zero-order chi connectivity index (χ0) is 49.3. The molecule has 0 aromatic rings. The highest BCUT2D eigenvalue weighted by atomic mass is 16.6. The van der Waals surface area contributed by atoms with Gasteiger partial charge in [0.15, 0.2) is 6.10 Å². The molecule has 0 saturated carbocycles. The van der Waals surface area contributed by atoms with Crippen LogP contribution in [0.1, 0.15) is 258 Å². The monoisotopic (exact) mass is 945 g/mol. The third-order valence-corrected chi connectivity index (χ3v) is 12.0. The maximum absolute atomic E-state index is 12.9. The van der Waals surface area contributed by atoms with E-state index in [9.17, 15) is 14.4 Å². The molecule has 0 heterocycles. The average molecular weight is 946 g/mol. The fraction of sp³-hybridized carbons (Fsp3) is 0.694. The van der Waals surface area contributed by atoms with Crippen molar-refractivity contribution < 1.29 is 28.6 Å². The fourth-order valence-electron chi connectivity index (χ4n) is 7.77. The number of allylic oxidation sites excluding steroid dienone is 16. The van der Waals surface area contributed by atoms with Gasteiger partial charge in [0.1, 0.15) is 13.2 Å². The van der Waals surface area contributed by atoms with E-state index in [0.29, 0.717) is 19.3 Å². The molecule has 0 spiro atoms. The van der Waals surface area contributed by atoms with Crippen LogP contribution in [0.5, 0.6) is 0 Å². The summed E-state index contributed by atoms with van der Waals surface area (Å²) in [6, 6.07) is 0. The van der Waals surface area contributed by atoms with Gasteiger partial charge < -0.3 is 14.2 Å². The van der Waals surface area contributed by atoms with Crippen molar-refractivity contribution in [2.75, 3.05) is 13.2 Å². The second-order valence-corrected chi connectivity index (χ2v) is 18.7. The molecule has 0 aromatic heterocycles. The molecule has 68 heavy (non-hydrogen) atoms. The van der Waals surface area contributed by atoms with Gasteiger partial charge in [0.25, 0.3) is 0 Å². The zero-order valence-corrected chi connectivity index (χ0v) is 44.3. The fourth-order valence-corrected chi connectivity index (χ4v) is 7.77. The highest BCUT2D eigenvalue weighted by molar-refractivity contribution is 5.71. The number of ether oxygens (including phenoxy) is 3. The van der Waals surface area contributed by atoms with Crippen LogP contribution in [0.15, 0.2) is 97.2 Å². The lowest BCUT2D eigenvalue weighted by molar-refractivity contribution is -0.167. The lowest BCUT2D eigenvalue weighted by atomic mass is 10.0. The second-order valence-electron chi connectivity index (χ2n) is 18.7. The Morgan fingerprint density at radius 1 is 0.309 bits per heavy atom. The number of esters is 3. The van der Waals surface area contributed by atoms with Crippen LogP contribution in [0, 0.1) is 0 Å². The Balaban J connectivity index is 4.46. The van der Waals surface area contributed by atoms with Crippen LogP contribution < -0.4 is 0 Å². The van der Waals surface area contributed by atoms with E-state index in [4.69, 9.17) is 14.2 Å². The van der Waals surface area contributed by atoms with Gasteiger partial charge >= 0.3 is 17.9 Å². The van der Waals surface area contributed by atoms with Crippen LogP contribution in [0.25, 0.3) is 0 Å². The minimum atomic E-state index is -0.798. The smallest absolute Gasteiger partial charge is 0.306 e. The van der Waals surface area contributed by atoms with Crippen molar-refractivity contribution in [1.82, 2.24) is 0 Å². The molecule has 0 N–H and O–H groups in total. The molecular formula is C62H104O6. The Hall–Kier alpha value is -3.67. The minimum Gasteiger partial charge on any atom is -0.462 e. The Morgan fingerprint density at radius 3 is 0.956 bits per heavy atom. The molecule has 0 aliphatic rings. The van der Waals surface area contributed by atoms with Crippen molar-refractivity contribution >= 4 is 17.9 Å². The van der Waals surface area contributed by atoms with Gasteiger partial charge in [-0.05, 0) is 64.2 Å². The van der Waals surface area contributed by atoms with Crippen LogP contribution in [-0.2, 0) is 28.6 Å². The maximum atomic E-state index is 12.9. The Morgan fingerprint density at radius 2 is 0.588 bits per heavy atom. The zero-order valence-electron chi connectivity index (χ0n) is 44.3. The van der Waals surface area contributed by atoms with Gasteiger partial charge in [0, 0.05) is 19.3 Å². The van der Waals surface area contributed by atoms with Gasteiger partial charge in [-0.2, -0.15) is 0 Å². The standard InChI is InChI=1S/C62H104O6/c1-4-7-10-13-16-19-22-25-27-29-31-33-35-37-40-43-46-49-52-55-61(64)67-58-59(57-66-60(63)54-51-48-45-42-39-24-21-18-15-12-9-6-3)68-62(65)56-53-50-47-44-41-38-36-34-32-30-28-26-23-20-17-14-11-8-5-2/h7,10,13,16,19,22,25,27,29-33,35,37,40,59H,4-6,8-9,11-12,14-15,17-18,20-21,23-24,26,28,34,36,38-39,41-58H2,1-3H3/b10-7-,16-13-,22-19-,27-25-,31-29+,32-30-,35-33-,40-37-. The molecule has 1 atom stereocenters. The van der Waals surface area contributed by atoms with E-state index in [1.54, 1.807) is 0 Å².